The molecule has 2 aliphatic heterocycles. The van der Waals surface area contributed by atoms with E-state index < -0.39 is 17.8 Å². The van der Waals surface area contributed by atoms with Crippen molar-refractivity contribution in [3.8, 4) is 11.5 Å². The highest BCUT2D eigenvalue weighted by Gasteiger charge is 2.55. The van der Waals surface area contributed by atoms with Crippen LogP contribution in [0.5, 0.6) is 11.5 Å². The first-order valence-corrected chi connectivity index (χ1v) is 11.0. The molecule has 0 saturated carbocycles. The minimum atomic E-state index is -0.924. The van der Waals surface area contributed by atoms with Gasteiger partial charge in [0.1, 0.15) is 11.5 Å². The number of ether oxygens (including phenoxy) is 2. The van der Waals surface area contributed by atoms with Gasteiger partial charge in [0.15, 0.2) is 5.72 Å². The predicted molar refractivity (Wildman–Crippen MR) is 126 cm³/mol. The molecule has 3 aromatic rings. The molecule has 0 radical (unpaired) electrons. The second kappa shape index (κ2) is 7.66. The maximum absolute atomic E-state index is 14.0. The number of nitrogens with zero attached hydrogens (tertiary/aromatic N) is 2. The van der Waals surface area contributed by atoms with E-state index in [1.54, 1.807) is 36.3 Å². The molecular weight excluding hydrogens is 416 g/mol. The summed E-state index contributed by atoms with van der Waals surface area (Å²) >= 11 is 0. The number of rotatable bonds is 3. The number of hydrogen-bond acceptors (Lipinski definition) is 4. The van der Waals surface area contributed by atoms with Gasteiger partial charge in [0, 0.05) is 23.2 Å². The van der Waals surface area contributed by atoms with Gasteiger partial charge in [-0.15, -0.1) is 0 Å². The zero-order valence-electron chi connectivity index (χ0n) is 19.2. The van der Waals surface area contributed by atoms with Crippen LogP contribution in [0, 0.1) is 13.8 Å². The Bertz CT molecular complexity index is 1230. The van der Waals surface area contributed by atoms with Crippen molar-refractivity contribution < 1.29 is 19.1 Å². The number of methoxy groups -OCH3 is 1. The number of para-hydroxylation sites is 1. The van der Waals surface area contributed by atoms with Crippen LogP contribution >= 0.6 is 0 Å². The topological polar surface area (TPSA) is 59.1 Å². The minimum Gasteiger partial charge on any atom is -0.497 e. The summed E-state index contributed by atoms with van der Waals surface area (Å²) in [4.78, 5) is 30.8. The number of fused-ring (bicyclic) bond motifs is 4. The van der Waals surface area contributed by atoms with E-state index in [1.165, 1.54) is 4.90 Å². The van der Waals surface area contributed by atoms with Crippen molar-refractivity contribution in [1.82, 2.24) is 4.90 Å². The number of aryl methyl sites for hydroxylation is 2. The summed E-state index contributed by atoms with van der Waals surface area (Å²) in [5.74, 6) is 0.990. The zero-order valence-corrected chi connectivity index (χ0v) is 19.2. The van der Waals surface area contributed by atoms with Crippen molar-refractivity contribution in [1.29, 1.82) is 0 Å². The van der Waals surface area contributed by atoms with Gasteiger partial charge < -0.3 is 9.47 Å². The van der Waals surface area contributed by atoms with Gasteiger partial charge in [0.2, 0.25) is 0 Å². The number of amides is 3. The molecule has 3 aromatic carbocycles. The minimum absolute atomic E-state index is 0.346. The van der Waals surface area contributed by atoms with Gasteiger partial charge >= 0.3 is 6.03 Å². The average molecular weight is 443 g/mol. The predicted octanol–water partition coefficient (Wildman–Crippen LogP) is 5.63. The number of hydrogen-bond donors (Lipinski definition) is 0. The molecule has 6 heteroatoms. The SMILES string of the molecule is COc1ccc(C(=O)N2C(=O)N(c3cc(C)cc(C)c3)[C@]3(C)C[C@@H]2c2ccccc2O3)cc1. The van der Waals surface area contributed by atoms with Crippen LogP contribution in [0.4, 0.5) is 10.5 Å². The maximum Gasteiger partial charge on any atom is 0.335 e. The van der Waals surface area contributed by atoms with Gasteiger partial charge in [-0.25, -0.2) is 4.79 Å². The van der Waals surface area contributed by atoms with Crippen LogP contribution in [0.25, 0.3) is 0 Å². The fourth-order valence-electron chi connectivity index (χ4n) is 4.97. The van der Waals surface area contributed by atoms with Crippen LogP contribution in [0.1, 0.15) is 46.4 Å². The number of anilines is 1. The van der Waals surface area contributed by atoms with Crippen molar-refractivity contribution in [2.75, 3.05) is 12.0 Å². The molecule has 6 nitrogen and oxygen atoms in total. The molecular formula is C27H26N2O4. The van der Waals surface area contributed by atoms with Gasteiger partial charge in [-0.05, 0) is 74.4 Å². The molecule has 2 aliphatic rings. The number of carbonyl (C=O) groups is 2. The van der Waals surface area contributed by atoms with Gasteiger partial charge in [-0.1, -0.05) is 24.3 Å². The lowest BCUT2D eigenvalue weighted by Crippen LogP contribution is -2.67. The van der Waals surface area contributed by atoms with E-state index in [9.17, 15) is 9.59 Å². The van der Waals surface area contributed by atoms with Gasteiger partial charge in [-0.2, -0.15) is 0 Å². The molecule has 2 heterocycles. The molecule has 33 heavy (non-hydrogen) atoms. The maximum atomic E-state index is 14.0. The Balaban J connectivity index is 1.66. The molecule has 0 spiro atoms. The van der Waals surface area contributed by atoms with Crippen LogP contribution in [0.3, 0.4) is 0 Å². The molecule has 0 aliphatic carbocycles. The Hall–Kier alpha value is -3.80. The molecule has 2 atom stereocenters. The normalized spacial score (nSPS) is 21.3. The summed E-state index contributed by atoms with van der Waals surface area (Å²) in [6.07, 6.45) is 0.463. The molecule has 168 valence electrons. The van der Waals surface area contributed by atoms with Crippen molar-refractivity contribution >= 4 is 17.6 Å². The first kappa shape index (κ1) is 21.1. The smallest absolute Gasteiger partial charge is 0.335 e. The summed E-state index contributed by atoms with van der Waals surface area (Å²) in [5, 5.41) is 0. The zero-order chi connectivity index (χ0) is 23.3. The second-order valence-corrected chi connectivity index (χ2v) is 8.90. The van der Waals surface area contributed by atoms with E-state index in [1.807, 2.05) is 57.2 Å². The third-order valence-corrected chi connectivity index (χ3v) is 6.38. The van der Waals surface area contributed by atoms with Crippen molar-refractivity contribution in [2.45, 2.75) is 39.0 Å². The summed E-state index contributed by atoms with van der Waals surface area (Å²) in [7, 11) is 1.58. The quantitative estimate of drug-likeness (QED) is 0.527. The Morgan fingerprint density at radius 1 is 1.03 bits per heavy atom. The van der Waals surface area contributed by atoms with Crippen LogP contribution in [0.15, 0.2) is 66.7 Å². The molecule has 1 saturated heterocycles. The molecule has 5 rings (SSSR count). The molecule has 3 amide bonds. The van der Waals surface area contributed by atoms with Crippen molar-refractivity contribution in [3.63, 3.8) is 0 Å². The van der Waals surface area contributed by atoms with E-state index in [-0.39, 0.29) is 5.91 Å². The molecule has 2 bridgehead atoms. The van der Waals surface area contributed by atoms with E-state index in [0.717, 1.165) is 16.7 Å². The molecule has 0 N–H and O–H groups in total. The summed E-state index contributed by atoms with van der Waals surface area (Å²) in [6.45, 7) is 5.90. The first-order chi connectivity index (χ1) is 15.8. The fourth-order valence-corrected chi connectivity index (χ4v) is 4.97. The van der Waals surface area contributed by atoms with E-state index in [4.69, 9.17) is 9.47 Å². The third-order valence-electron chi connectivity index (χ3n) is 6.38. The lowest BCUT2D eigenvalue weighted by Gasteiger charge is -2.53. The molecule has 0 aromatic heterocycles. The highest BCUT2D eigenvalue weighted by atomic mass is 16.5. The highest BCUT2D eigenvalue weighted by molar-refractivity contribution is 6.10. The lowest BCUT2D eigenvalue weighted by molar-refractivity contribution is 0.00268. The first-order valence-electron chi connectivity index (χ1n) is 11.0. The Morgan fingerprint density at radius 2 is 1.70 bits per heavy atom. The summed E-state index contributed by atoms with van der Waals surface area (Å²) in [6, 6.07) is 19.6. The standard InChI is InChI=1S/C27H26N2O4/c1-17-13-18(2)15-20(14-17)29-26(31)28(25(30)19-9-11-21(32-4)12-10-19)23-16-27(29,3)33-24-8-6-5-7-22(23)24/h5-15,23H,16H2,1-4H3/t23-,27+/m1/s1. The van der Waals surface area contributed by atoms with Gasteiger partial charge in [0.25, 0.3) is 5.91 Å². The van der Waals surface area contributed by atoms with Crippen molar-refractivity contribution in [3.05, 3.63) is 89.0 Å². The Labute approximate surface area is 193 Å². The van der Waals surface area contributed by atoms with Crippen LogP contribution in [0.2, 0.25) is 0 Å². The van der Waals surface area contributed by atoms with E-state index in [0.29, 0.717) is 29.2 Å². The Morgan fingerprint density at radius 3 is 2.36 bits per heavy atom. The Kier molecular flexibility index (Phi) is 4.89. The van der Waals surface area contributed by atoms with E-state index >= 15 is 0 Å². The van der Waals surface area contributed by atoms with Gasteiger partial charge in [-0.3, -0.25) is 14.6 Å². The lowest BCUT2D eigenvalue weighted by atomic mass is 9.88. The highest BCUT2D eigenvalue weighted by Crippen LogP contribution is 2.49. The summed E-state index contributed by atoms with van der Waals surface area (Å²) < 4.78 is 11.6. The van der Waals surface area contributed by atoms with Crippen LogP contribution in [-0.2, 0) is 0 Å². The monoisotopic (exact) mass is 442 g/mol. The largest absolute Gasteiger partial charge is 0.497 e. The average Bonchev–Trinajstić information content (AvgIpc) is 2.78. The van der Waals surface area contributed by atoms with Crippen LogP contribution in [-0.4, -0.2) is 29.7 Å². The van der Waals surface area contributed by atoms with Gasteiger partial charge in [0.05, 0.1) is 13.2 Å². The fraction of sp³-hybridized carbons (Fsp3) is 0.259. The number of imide groups is 1. The third kappa shape index (κ3) is 3.42. The van der Waals surface area contributed by atoms with E-state index in [2.05, 4.69) is 6.07 Å². The summed E-state index contributed by atoms with van der Waals surface area (Å²) in [5.41, 5.74) is 3.13. The second-order valence-electron chi connectivity index (χ2n) is 8.90. The molecule has 1 fully saturated rings. The van der Waals surface area contributed by atoms with Crippen LogP contribution < -0.4 is 14.4 Å². The molecule has 0 unspecified atom stereocenters. The number of urea groups is 1. The number of carbonyl (C=O) groups excluding carboxylic acids is 2. The van der Waals surface area contributed by atoms with Crippen molar-refractivity contribution in [2.24, 2.45) is 0 Å². The number of benzene rings is 3.